The van der Waals surface area contributed by atoms with Crippen LogP contribution in [0, 0.1) is 0 Å². The second-order valence-corrected chi connectivity index (χ2v) is 11.6. The van der Waals surface area contributed by atoms with Gasteiger partial charge in [-0.25, -0.2) is 0 Å². The molecule has 9 nitrogen and oxygen atoms in total. The number of hydrogen-bond donors (Lipinski definition) is 2. The Morgan fingerprint density at radius 3 is 2.16 bits per heavy atom. The summed E-state index contributed by atoms with van der Waals surface area (Å²) in [5.74, 6) is 1.02. The third-order valence-corrected chi connectivity index (χ3v) is 8.46. The predicted octanol–water partition coefficient (Wildman–Crippen LogP) is 3.99. The zero-order valence-corrected chi connectivity index (χ0v) is 22.7. The van der Waals surface area contributed by atoms with Crippen LogP contribution in [0.4, 0.5) is 5.69 Å². The predicted molar refractivity (Wildman–Crippen MR) is 142 cm³/mol. The van der Waals surface area contributed by atoms with E-state index >= 15 is 0 Å². The second kappa shape index (κ2) is 10.1. The van der Waals surface area contributed by atoms with Gasteiger partial charge in [-0.2, -0.15) is 16.8 Å². The van der Waals surface area contributed by atoms with Crippen molar-refractivity contribution >= 4 is 31.5 Å². The molecule has 2 aromatic carbocycles. The molecule has 11 heteroatoms. The van der Waals surface area contributed by atoms with Gasteiger partial charge in [-0.15, -0.1) is 0 Å². The standard InChI is InChI=1S/C26H30N2O7S2/c1-5-27(4)17-8-11-20-23(14-17)35-24-15-18(28(6-2)7-3)9-12-21(24)26(20)22-13-10-19(36(29,30)31)16-25(22)37(32,33)34/h8-16,18H,5-7H2,1-4H3,(H,29,30,31)(H,32,33,34). The first kappa shape index (κ1) is 27.1. The number of nitrogens with zero attached hydrogens (tertiary/aromatic N) is 2. The van der Waals surface area contributed by atoms with Gasteiger partial charge in [-0.1, -0.05) is 32.1 Å². The lowest BCUT2D eigenvalue weighted by Crippen LogP contribution is -2.34. The van der Waals surface area contributed by atoms with Gasteiger partial charge in [0.25, 0.3) is 20.2 Å². The molecule has 0 saturated heterocycles. The van der Waals surface area contributed by atoms with Crippen molar-refractivity contribution in [1.82, 2.24) is 4.90 Å². The van der Waals surface area contributed by atoms with Crippen molar-refractivity contribution < 1.29 is 30.7 Å². The van der Waals surface area contributed by atoms with Crippen molar-refractivity contribution in [2.45, 2.75) is 36.6 Å². The van der Waals surface area contributed by atoms with Crippen LogP contribution in [0.2, 0.25) is 0 Å². The molecule has 0 saturated carbocycles. The monoisotopic (exact) mass is 546 g/mol. The van der Waals surface area contributed by atoms with Crippen molar-refractivity contribution in [3.05, 3.63) is 77.1 Å². The van der Waals surface area contributed by atoms with Gasteiger partial charge < -0.3 is 9.64 Å². The number of likely N-dealkylation sites (N-methyl/N-ethyl adjacent to an activating group) is 1. The topological polar surface area (TPSA) is 124 Å². The van der Waals surface area contributed by atoms with Crippen LogP contribution in [0.15, 0.2) is 75.7 Å². The molecule has 0 fully saturated rings. The molecule has 4 rings (SSSR count). The first-order valence-corrected chi connectivity index (χ1v) is 14.8. The highest BCUT2D eigenvalue weighted by molar-refractivity contribution is 7.86. The Labute approximate surface area is 217 Å². The Balaban J connectivity index is 2.03. The van der Waals surface area contributed by atoms with Crippen molar-refractivity contribution in [2.24, 2.45) is 0 Å². The van der Waals surface area contributed by atoms with E-state index in [1.807, 2.05) is 55.3 Å². The van der Waals surface area contributed by atoms with Crippen LogP contribution in [0.1, 0.15) is 31.9 Å². The molecule has 2 aliphatic rings. The van der Waals surface area contributed by atoms with Crippen LogP contribution in [0.25, 0.3) is 5.57 Å². The van der Waals surface area contributed by atoms with E-state index in [0.717, 1.165) is 37.5 Å². The lowest BCUT2D eigenvalue weighted by Gasteiger charge is -2.32. The summed E-state index contributed by atoms with van der Waals surface area (Å²) in [5, 5.41) is 0. The van der Waals surface area contributed by atoms with E-state index in [-0.39, 0.29) is 11.6 Å². The third-order valence-electron chi connectivity index (χ3n) is 6.72. The van der Waals surface area contributed by atoms with Crippen molar-refractivity contribution in [1.29, 1.82) is 0 Å². The van der Waals surface area contributed by atoms with Crippen LogP contribution in [0.5, 0.6) is 5.75 Å². The number of allylic oxidation sites excluding steroid dienone is 1. The van der Waals surface area contributed by atoms with E-state index in [4.69, 9.17) is 4.74 Å². The molecule has 1 aliphatic heterocycles. The van der Waals surface area contributed by atoms with Gasteiger partial charge in [-0.05, 0) is 50.4 Å². The van der Waals surface area contributed by atoms with Crippen LogP contribution in [-0.4, -0.2) is 63.6 Å². The number of ether oxygens (including phenoxy) is 1. The molecule has 37 heavy (non-hydrogen) atoms. The first-order valence-electron chi connectivity index (χ1n) is 11.9. The fourth-order valence-corrected chi connectivity index (χ4v) is 5.91. The van der Waals surface area contributed by atoms with Crippen LogP contribution in [-0.2, 0) is 20.2 Å². The molecule has 1 aliphatic carbocycles. The SMILES string of the molecule is CCN(C)c1ccc2c(c1)OC1=CC(N(CC)CC)C=CC1=C2c1ccc(S(=O)(=O)O)cc1S(=O)(=O)O. The maximum absolute atomic E-state index is 12.4. The summed E-state index contributed by atoms with van der Waals surface area (Å²) in [6.45, 7) is 8.52. The Morgan fingerprint density at radius 1 is 0.892 bits per heavy atom. The van der Waals surface area contributed by atoms with Gasteiger partial charge in [0, 0.05) is 47.6 Å². The van der Waals surface area contributed by atoms with E-state index in [1.165, 1.54) is 6.07 Å². The lowest BCUT2D eigenvalue weighted by molar-refractivity contribution is 0.281. The van der Waals surface area contributed by atoms with Gasteiger partial charge in [-0.3, -0.25) is 14.0 Å². The zero-order valence-electron chi connectivity index (χ0n) is 21.0. The number of fused-ring (bicyclic) bond motifs is 2. The Kier molecular flexibility index (Phi) is 7.37. The number of rotatable bonds is 8. The molecule has 0 amide bonds. The van der Waals surface area contributed by atoms with E-state index in [0.29, 0.717) is 28.2 Å². The highest BCUT2D eigenvalue weighted by Gasteiger charge is 2.32. The highest BCUT2D eigenvalue weighted by atomic mass is 32.2. The van der Waals surface area contributed by atoms with Crippen molar-refractivity contribution in [3.8, 4) is 5.75 Å². The average molecular weight is 547 g/mol. The van der Waals surface area contributed by atoms with E-state index in [2.05, 4.69) is 18.7 Å². The quantitative estimate of drug-likeness (QED) is 0.473. The smallest absolute Gasteiger partial charge is 0.295 e. The molecule has 2 N–H and O–H groups in total. The van der Waals surface area contributed by atoms with Crippen molar-refractivity contribution in [2.75, 3.05) is 31.6 Å². The van der Waals surface area contributed by atoms with Gasteiger partial charge in [0.05, 0.1) is 10.9 Å². The normalized spacial score (nSPS) is 17.3. The van der Waals surface area contributed by atoms with E-state index in [1.54, 1.807) is 0 Å². The summed E-state index contributed by atoms with van der Waals surface area (Å²) in [7, 11) is -7.64. The molecular formula is C26H30N2O7S2. The largest absolute Gasteiger partial charge is 0.456 e. The summed E-state index contributed by atoms with van der Waals surface area (Å²) < 4.78 is 74.2. The summed E-state index contributed by atoms with van der Waals surface area (Å²) >= 11 is 0. The molecule has 0 bridgehead atoms. The fraction of sp³-hybridized carbons (Fsp3) is 0.308. The summed E-state index contributed by atoms with van der Waals surface area (Å²) in [6, 6.07) is 8.66. The lowest BCUT2D eigenvalue weighted by atomic mass is 9.86. The molecule has 0 radical (unpaired) electrons. The number of benzene rings is 2. The highest BCUT2D eigenvalue weighted by Crippen LogP contribution is 2.46. The van der Waals surface area contributed by atoms with Gasteiger partial charge in [0.15, 0.2) is 0 Å². The zero-order chi connectivity index (χ0) is 27.1. The number of hydrogen-bond acceptors (Lipinski definition) is 7. The molecule has 1 heterocycles. The Bertz CT molecular complexity index is 1540. The van der Waals surface area contributed by atoms with Crippen LogP contribution < -0.4 is 9.64 Å². The Morgan fingerprint density at radius 2 is 1.57 bits per heavy atom. The van der Waals surface area contributed by atoms with Gasteiger partial charge >= 0.3 is 0 Å². The number of anilines is 1. The second-order valence-electron chi connectivity index (χ2n) is 8.80. The first-order chi connectivity index (χ1) is 17.4. The van der Waals surface area contributed by atoms with Crippen LogP contribution >= 0.6 is 0 Å². The fourth-order valence-electron chi connectivity index (χ4n) is 4.60. The maximum atomic E-state index is 12.4. The molecule has 0 spiro atoms. The molecule has 0 aromatic heterocycles. The van der Waals surface area contributed by atoms with Gasteiger partial charge in [0.2, 0.25) is 0 Å². The third kappa shape index (κ3) is 5.23. The Hall–Kier alpha value is -2.96. The summed E-state index contributed by atoms with van der Waals surface area (Å²) in [4.78, 5) is 2.98. The average Bonchev–Trinajstić information content (AvgIpc) is 2.85. The van der Waals surface area contributed by atoms with Crippen molar-refractivity contribution in [3.63, 3.8) is 0 Å². The van der Waals surface area contributed by atoms with Gasteiger partial charge in [0.1, 0.15) is 16.4 Å². The summed E-state index contributed by atoms with van der Waals surface area (Å²) in [5.41, 5.74) is 2.62. The van der Waals surface area contributed by atoms with E-state index in [9.17, 15) is 25.9 Å². The molecule has 2 aromatic rings. The molecule has 198 valence electrons. The van der Waals surface area contributed by atoms with Crippen LogP contribution in [0.3, 0.4) is 0 Å². The minimum absolute atomic E-state index is 0.0407. The minimum Gasteiger partial charge on any atom is -0.456 e. The molecule has 1 unspecified atom stereocenters. The minimum atomic E-state index is -4.87. The van der Waals surface area contributed by atoms with E-state index < -0.39 is 30.0 Å². The molecule has 1 atom stereocenters. The summed E-state index contributed by atoms with van der Waals surface area (Å²) in [6.07, 6.45) is 5.80. The maximum Gasteiger partial charge on any atom is 0.295 e. The molecular weight excluding hydrogens is 516 g/mol.